The fourth-order valence-electron chi connectivity index (χ4n) is 1.57. The minimum absolute atomic E-state index is 0.195. The lowest BCUT2D eigenvalue weighted by atomic mass is 10.2. The Morgan fingerprint density at radius 1 is 1.33 bits per heavy atom. The molecule has 1 aromatic carbocycles. The molecule has 1 amide bonds. The Kier molecular flexibility index (Phi) is 5.13. The molecule has 8 heteroatoms. The SMILES string of the molecule is Cc1cc(Br)c(NC(=O)COC(=O)c2ccn[nH]2)c(Br)c1. The second kappa shape index (κ2) is 6.86. The molecule has 0 aliphatic rings. The number of carbonyl (C=O) groups is 2. The number of nitrogens with zero attached hydrogens (tertiary/aromatic N) is 1. The Morgan fingerprint density at radius 2 is 2.00 bits per heavy atom. The standard InChI is InChI=1S/C13H11Br2N3O3/c1-7-4-8(14)12(9(15)5-7)17-11(19)6-21-13(20)10-2-3-16-18-10/h2-5H,6H2,1H3,(H,16,18)(H,17,19). The van der Waals surface area contributed by atoms with Crippen LogP contribution in [0.5, 0.6) is 0 Å². The number of anilines is 1. The zero-order valence-electron chi connectivity index (χ0n) is 10.9. The first-order valence-corrected chi connectivity index (χ1v) is 7.48. The maximum atomic E-state index is 11.8. The van der Waals surface area contributed by atoms with Crippen molar-refractivity contribution < 1.29 is 14.3 Å². The number of esters is 1. The molecule has 1 aromatic heterocycles. The molecule has 0 fully saturated rings. The monoisotopic (exact) mass is 415 g/mol. The van der Waals surface area contributed by atoms with E-state index in [4.69, 9.17) is 4.74 Å². The summed E-state index contributed by atoms with van der Waals surface area (Å²) < 4.78 is 6.35. The normalized spacial score (nSPS) is 10.2. The van der Waals surface area contributed by atoms with Gasteiger partial charge < -0.3 is 10.1 Å². The van der Waals surface area contributed by atoms with Crippen molar-refractivity contribution in [3.63, 3.8) is 0 Å². The summed E-state index contributed by atoms with van der Waals surface area (Å²) in [5.74, 6) is -1.07. The lowest BCUT2D eigenvalue weighted by Gasteiger charge is -2.10. The number of ether oxygens (including phenoxy) is 1. The van der Waals surface area contributed by atoms with Crippen LogP contribution >= 0.6 is 31.9 Å². The zero-order chi connectivity index (χ0) is 15.4. The van der Waals surface area contributed by atoms with Gasteiger partial charge in [-0.25, -0.2) is 4.79 Å². The van der Waals surface area contributed by atoms with Gasteiger partial charge in [0.1, 0.15) is 5.69 Å². The Labute approximate surface area is 137 Å². The van der Waals surface area contributed by atoms with Gasteiger partial charge >= 0.3 is 5.97 Å². The van der Waals surface area contributed by atoms with Crippen molar-refractivity contribution in [3.05, 3.63) is 44.6 Å². The molecule has 0 unspecified atom stereocenters. The van der Waals surface area contributed by atoms with E-state index >= 15 is 0 Å². The minimum atomic E-state index is -0.635. The van der Waals surface area contributed by atoms with Crippen LogP contribution in [0.2, 0.25) is 0 Å². The van der Waals surface area contributed by atoms with Crippen LogP contribution in [0.1, 0.15) is 16.1 Å². The van der Waals surface area contributed by atoms with E-state index in [0.717, 1.165) is 14.5 Å². The number of hydrogen-bond acceptors (Lipinski definition) is 4. The van der Waals surface area contributed by atoms with Gasteiger partial charge in [-0.2, -0.15) is 5.10 Å². The van der Waals surface area contributed by atoms with Crippen LogP contribution in [0.15, 0.2) is 33.3 Å². The van der Waals surface area contributed by atoms with Gasteiger partial charge in [0.05, 0.1) is 5.69 Å². The zero-order valence-corrected chi connectivity index (χ0v) is 14.1. The number of aromatic amines is 1. The number of hydrogen-bond donors (Lipinski definition) is 2. The summed E-state index contributed by atoms with van der Waals surface area (Å²) in [6.07, 6.45) is 1.43. The number of benzene rings is 1. The van der Waals surface area contributed by atoms with Crippen LogP contribution in [0.3, 0.4) is 0 Å². The summed E-state index contributed by atoms with van der Waals surface area (Å²) in [7, 11) is 0. The highest BCUT2D eigenvalue weighted by atomic mass is 79.9. The van der Waals surface area contributed by atoms with Crippen LogP contribution in [-0.2, 0) is 9.53 Å². The summed E-state index contributed by atoms with van der Waals surface area (Å²) in [6, 6.07) is 5.21. The summed E-state index contributed by atoms with van der Waals surface area (Å²) >= 11 is 6.74. The van der Waals surface area contributed by atoms with Gasteiger partial charge in [-0.15, -0.1) is 0 Å². The lowest BCUT2D eigenvalue weighted by Crippen LogP contribution is -2.21. The molecule has 0 radical (unpaired) electrons. The average molecular weight is 417 g/mol. The fourth-order valence-corrected chi connectivity index (χ4v) is 3.19. The molecule has 0 atom stereocenters. The molecule has 2 N–H and O–H groups in total. The van der Waals surface area contributed by atoms with E-state index in [9.17, 15) is 9.59 Å². The molecule has 0 aliphatic carbocycles. The number of aryl methyl sites for hydroxylation is 1. The van der Waals surface area contributed by atoms with E-state index in [0.29, 0.717) is 5.69 Å². The molecule has 0 saturated heterocycles. The van der Waals surface area contributed by atoms with Crippen LogP contribution in [0.25, 0.3) is 0 Å². The second-order valence-corrected chi connectivity index (χ2v) is 5.91. The van der Waals surface area contributed by atoms with Gasteiger partial charge in [-0.3, -0.25) is 9.89 Å². The number of aromatic nitrogens is 2. The van der Waals surface area contributed by atoms with Crippen molar-refractivity contribution in [3.8, 4) is 0 Å². The Bertz CT molecular complexity index is 648. The number of halogens is 2. The highest BCUT2D eigenvalue weighted by Crippen LogP contribution is 2.32. The van der Waals surface area contributed by atoms with Crippen LogP contribution in [0.4, 0.5) is 5.69 Å². The smallest absolute Gasteiger partial charge is 0.356 e. The maximum absolute atomic E-state index is 11.8. The van der Waals surface area contributed by atoms with Crippen molar-refractivity contribution >= 4 is 49.4 Å². The molecule has 110 valence electrons. The van der Waals surface area contributed by atoms with Gasteiger partial charge in [0.2, 0.25) is 0 Å². The Morgan fingerprint density at radius 3 is 2.57 bits per heavy atom. The number of carbonyl (C=O) groups excluding carboxylic acids is 2. The van der Waals surface area contributed by atoms with Gasteiger partial charge in [-0.05, 0) is 62.5 Å². The number of nitrogens with one attached hydrogen (secondary N) is 2. The molecule has 2 rings (SSSR count). The van der Waals surface area contributed by atoms with E-state index in [-0.39, 0.29) is 12.3 Å². The molecule has 0 bridgehead atoms. The van der Waals surface area contributed by atoms with Crippen molar-refractivity contribution in [1.29, 1.82) is 0 Å². The molecular weight excluding hydrogens is 406 g/mol. The van der Waals surface area contributed by atoms with Crippen molar-refractivity contribution in [2.75, 3.05) is 11.9 Å². The van der Waals surface area contributed by atoms with Crippen LogP contribution in [0, 0.1) is 6.92 Å². The number of rotatable bonds is 4. The fraction of sp³-hybridized carbons (Fsp3) is 0.154. The van der Waals surface area contributed by atoms with Crippen LogP contribution in [-0.4, -0.2) is 28.7 Å². The van der Waals surface area contributed by atoms with E-state index in [1.54, 1.807) is 0 Å². The minimum Gasteiger partial charge on any atom is -0.451 e. The van der Waals surface area contributed by atoms with E-state index in [1.165, 1.54) is 12.3 Å². The first-order valence-electron chi connectivity index (χ1n) is 5.89. The molecule has 0 saturated carbocycles. The van der Waals surface area contributed by atoms with E-state index in [1.807, 2.05) is 19.1 Å². The Balaban J connectivity index is 1.95. The quantitative estimate of drug-likeness (QED) is 0.750. The van der Waals surface area contributed by atoms with Gasteiger partial charge in [0.15, 0.2) is 6.61 Å². The first kappa shape index (κ1) is 15.7. The number of H-pyrrole nitrogens is 1. The summed E-state index contributed by atoms with van der Waals surface area (Å²) in [5, 5.41) is 8.76. The third-order valence-corrected chi connectivity index (χ3v) is 3.76. The van der Waals surface area contributed by atoms with Gasteiger partial charge in [-0.1, -0.05) is 0 Å². The topological polar surface area (TPSA) is 84.1 Å². The van der Waals surface area contributed by atoms with Gasteiger partial charge in [0, 0.05) is 15.1 Å². The van der Waals surface area contributed by atoms with Crippen molar-refractivity contribution in [2.24, 2.45) is 0 Å². The van der Waals surface area contributed by atoms with Crippen molar-refractivity contribution in [1.82, 2.24) is 10.2 Å². The predicted octanol–water partition coefficient (Wildman–Crippen LogP) is 3.04. The Hall–Kier alpha value is -1.67. The highest BCUT2D eigenvalue weighted by Gasteiger charge is 2.14. The maximum Gasteiger partial charge on any atom is 0.356 e. The molecule has 0 aliphatic heterocycles. The van der Waals surface area contributed by atoms with E-state index < -0.39 is 11.9 Å². The third kappa shape index (κ3) is 4.15. The lowest BCUT2D eigenvalue weighted by molar-refractivity contribution is -0.119. The molecule has 0 spiro atoms. The highest BCUT2D eigenvalue weighted by molar-refractivity contribution is 9.11. The van der Waals surface area contributed by atoms with Crippen LogP contribution < -0.4 is 5.32 Å². The van der Waals surface area contributed by atoms with Gasteiger partial charge in [0.25, 0.3) is 5.91 Å². The molecule has 21 heavy (non-hydrogen) atoms. The third-order valence-electron chi connectivity index (χ3n) is 2.51. The average Bonchev–Trinajstić information content (AvgIpc) is 2.94. The molecule has 6 nitrogen and oxygen atoms in total. The summed E-state index contributed by atoms with van der Waals surface area (Å²) in [6.45, 7) is 1.55. The predicted molar refractivity (Wildman–Crippen MR) is 84.1 cm³/mol. The number of amides is 1. The summed E-state index contributed by atoms with van der Waals surface area (Å²) in [4.78, 5) is 23.4. The molecule has 1 heterocycles. The molecule has 2 aromatic rings. The van der Waals surface area contributed by atoms with Crippen molar-refractivity contribution in [2.45, 2.75) is 6.92 Å². The summed E-state index contributed by atoms with van der Waals surface area (Å²) in [5.41, 5.74) is 1.82. The first-order chi connectivity index (χ1) is 9.97. The second-order valence-electron chi connectivity index (χ2n) is 4.20. The molecular formula is C13H11Br2N3O3. The largest absolute Gasteiger partial charge is 0.451 e. The van der Waals surface area contributed by atoms with E-state index in [2.05, 4.69) is 47.4 Å².